The van der Waals surface area contributed by atoms with Gasteiger partial charge in [0.05, 0.1) is 11.4 Å². The molecule has 0 radical (unpaired) electrons. The van der Waals surface area contributed by atoms with Crippen molar-refractivity contribution in [3.8, 4) is 0 Å². The van der Waals surface area contributed by atoms with Gasteiger partial charge < -0.3 is 15.0 Å². The molecule has 1 N–H and O–H groups in total. The first kappa shape index (κ1) is 21.6. The van der Waals surface area contributed by atoms with Crippen molar-refractivity contribution in [3.05, 3.63) is 29.8 Å². The third-order valence-electron chi connectivity index (χ3n) is 4.22. The summed E-state index contributed by atoms with van der Waals surface area (Å²) < 4.78 is 32.4. The van der Waals surface area contributed by atoms with Gasteiger partial charge in [-0.3, -0.25) is 9.59 Å². The Morgan fingerprint density at radius 3 is 2.70 bits per heavy atom. The number of rotatable bonds is 5. The van der Waals surface area contributed by atoms with Crippen molar-refractivity contribution in [3.63, 3.8) is 0 Å². The fourth-order valence-electron chi connectivity index (χ4n) is 2.52. The number of carbonyl (C=O) groups is 2. The Kier molecular flexibility index (Phi) is 7.97. The second kappa shape index (κ2) is 9.98. The lowest BCUT2D eigenvalue weighted by Crippen LogP contribution is -2.36. The molecule has 1 amide bonds. The van der Waals surface area contributed by atoms with Crippen LogP contribution in [0.2, 0.25) is 0 Å². The van der Waals surface area contributed by atoms with Gasteiger partial charge in [0.1, 0.15) is 16.0 Å². The molecule has 1 aromatic rings. The molecule has 148 valence electrons. The Labute approximate surface area is 166 Å². The number of thiocarbonyl (C=S) groups is 1. The number of hydrogen-bond acceptors (Lipinski definition) is 5. The maximum atomic E-state index is 13.6. The van der Waals surface area contributed by atoms with E-state index in [0.717, 1.165) is 44.1 Å². The van der Waals surface area contributed by atoms with E-state index in [0.29, 0.717) is 10.2 Å². The fraction of sp³-hybridized carbons (Fsp3) is 0.500. The molecular weight excluding hydrogens is 394 g/mol. The van der Waals surface area contributed by atoms with Crippen LogP contribution in [0.4, 0.5) is 14.5 Å². The van der Waals surface area contributed by atoms with Crippen molar-refractivity contribution in [2.24, 2.45) is 5.92 Å². The van der Waals surface area contributed by atoms with Crippen molar-refractivity contribution in [2.75, 3.05) is 24.2 Å². The zero-order valence-electron chi connectivity index (χ0n) is 15.2. The molecule has 0 spiro atoms. The third kappa shape index (κ3) is 6.73. The van der Waals surface area contributed by atoms with Crippen LogP contribution in [0.5, 0.6) is 0 Å². The first-order chi connectivity index (χ1) is 12.8. The molecule has 27 heavy (non-hydrogen) atoms. The number of anilines is 1. The molecule has 1 atom stereocenters. The SMILES string of the molecule is CC1CCN(C(=S)SCC(=O)OC(C)C(=O)Nc2cc(F)ccc2F)CC1. The summed E-state index contributed by atoms with van der Waals surface area (Å²) in [4.78, 5) is 26.0. The van der Waals surface area contributed by atoms with Crippen molar-refractivity contribution >= 4 is 45.9 Å². The number of amides is 1. The van der Waals surface area contributed by atoms with Crippen LogP contribution >= 0.6 is 24.0 Å². The molecule has 9 heteroatoms. The topological polar surface area (TPSA) is 58.6 Å². The maximum Gasteiger partial charge on any atom is 0.317 e. The van der Waals surface area contributed by atoms with Crippen LogP contribution in [-0.2, 0) is 14.3 Å². The second-order valence-electron chi connectivity index (χ2n) is 6.47. The summed E-state index contributed by atoms with van der Waals surface area (Å²) in [6, 6.07) is 2.70. The number of nitrogens with zero attached hydrogens (tertiary/aromatic N) is 1. The van der Waals surface area contributed by atoms with E-state index in [-0.39, 0.29) is 11.4 Å². The average Bonchev–Trinajstić information content (AvgIpc) is 2.63. The van der Waals surface area contributed by atoms with E-state index in [4.69, 9.17) is 17.0 Å². The summed E-state index contributed by atoms with van der Waals surface area (Å²) in [6.45, 7) is 5.31. The van der Waals surface area contributed by atoms with Crippen LogP contribution in [0.25, 0.3) is 0 Å². The van der Waals surface area contributed by atoms with Crippen LogP contribution in [-0.4, -0.2) is 46.0 Å². The standard InChI is InChI=1S/C18H22F2N2O3S2/c1-11-5-7-22(8-6-11)18(26)27-10-16(23)25-12(2)17(24)21-15-9-13(19)3-4-14(15)20/h3-4,9,11-12H,5-8,10H2,1-2H3,(H,21,24). The second-order valence-corrected chi connectivity index (χ2v) is 8.08. The van der Waals surface area contributed by atoms with Gasteiger partial charge >= 0.3 is 5.97 Å². The monoisotopic (exact) mass is 416 g/mol. The summed E-state index contributed by atoms with van der Waals surface area (Å²) in [7, 11) is 0. The molecule has 1 aliphatic rings. The van der Waals surface area contributed by atoms with E-state index in [1.807, 2.05) is 0 Å². The lowest BCUT2D eigenvalue weighted by atomic mass is 10.00. The molecule has 0 aromatic heterocycles. The summed E-state index contributed by atoms with van der Waals surface area (Å²) in [5, 5.41) is 2.20. The van der Waals surface area contributed by atoms with Gasteiger partial charge in [-0.05, 0) is 37.8 Å². The number of nitrogens with one attached hydrogen (secondary N) is 1. The molecule has 1 fully saturated rings. The minimum atomic E-state index is -1.15. The number of hydrogen-bond donors (Lipinski definition) is 1. The quantitative estimate of drug-likeness (QED) is 0.585. The number of carbonyl (C=O) groups excluding carboxylic acids is 2. The van der Waals surface area contributed by atoms with Gasteiger partial charge in [-0.2, -0.15) is 0 Å². The predicted octanol–water partition coefficient (Wildman–Crippen LogP) is 3.59. The molecule has 1 heterocycles. The molecule has 5 nitrogen and oxygen atoms in total. The summed E-state index contributed by atoms with van der Waals surface area (Å²) >= 11 is 6.53. The molecule has 1 aliphatic heterocycles. The van der Waals surface area contributed by atoms with Crippen LogP contribution < -0.4 is 5.32 Å². The van der Waals surface area contributed by atoms with Gasteiger partial charge in [0, 0.05) is 19.2 Å². The first-order valence-electron chi connectivity index (χ1n) is 8.63. The van der Waals surface area contributed by atoms with Crippen LogP contribution in [0, 0.1) is 17.6 Å². The Bertz CT molecular complexity index is 710. The molecule has 2 rings (SSSR count). The maximum absolute atomic E-state index is 13.6. The Hall–Kier alpha value is -1.74. The Morgan fingerprint density at radius 2 is 2.04 bits per heavy atom. The van der Waals surface area contributed by atoms with Crippen molar-refractivity contribution in [2.45, 2.75) is 32.8 Å². The zero-order valence-corrected chi connectivity index (χ0v) is 16.8. The molecule has 0 aliphatic carbocycles. The van der Waals surface area contributed by atoms with Crippen molar-refractivity contribution in [1.29, 1.82) is 0 Å². The summed E-state index contributed by atoms with van der Waals surface area (Å²) in [5.74, 6) is -2.15. The normalized spacial score (nSPS) is 15.9. The lowest BCUT2D eigenvalue weighted by Gasteiger charge is -2.31. The largest absolute Gasteiger partial charge is 0.452 e. The molecule has 0 bridgehead atoms. The lowest BCUT2D eigenvalue weighted by molar-refractivity contribution is -0.150. The van der Waals surface area contributed by atoms with E-state index < -0.39 is 29.6 Å². The number of ether oxygens (including phenoxy) is 1. The number of thioether (sulfide) groups is 1. The minimum Gasteiger partial charge on any atom is -0.452 e. The number of esters is 1. The highest BCUT2D eigenvalue weighted by atomic mass is 32.2. The third-order valence-corrected chi connectivity index (χ3v) is 5.72. The smallest absolute Gasteiger partial charge is 0.317 e. The van der Waals surface area contributed by atoms with Gasteiger partial charge in [0.25, 0.3) is 5.91 Å². The van der Waals surface area contributed by atoms with Gasteiger partial charge in [0.15, 0.2) is 6.10 Å². The number of halogens is 2. The van der Waals surface area contributed by atoms with E-state index >= 15 is 0 Å². The fourth-order valence-corrected chi connectivity index (χ4v) is 3.55. The van der Waals surface area contributed by atoms with Crippen LogP contribution in [0.1, 0.15) is 26.7 Å². The van der Waals surface area contributed by atoms with Crippen LogP contribution in [0.3, 0.4) is 0 Å². The molecule has 1 saturated heterocycles. The highest BCUT2D eigenvalue weighted by molar-refractivity contribution is 8.23. The van der Waals surface area contributed by atoms with E-state index in [1.165, 1.54) is 18.7 Å². The molecule has 0 saturated carbocycles. The number of likely N-dealkylation sites (tertiary alicyclic amines) is 1. The predicted molar refractivity (Wildman–Crippen MR) is 106 cm³/mol. The minimum absolute atomic E-state index is 0.0170. The summed E-state index contributed by atoms with van der Waals surface area (Å²) in [5.41, 5.74) is -0.308. The van der Waals surface area contributed by atoms with Crippen molar-refractivity contribution in [1.82, 2.24) is 4.90 Å². The molecular formula is C18H22F2N2O3S2. The van der Waals surface area contributed by atoms with Gasteiger partial charge in [-0.15, -0.1) is 0 Å². The van der Waals surface area contributed by atoms with E-state index in [2.05, 4.69) is 17.1 Å². The zero-order chi connectivity index (χ0) is 20.0. The first-order valence-corrected chi connectivity index (χ1v) is 10.0. The average molecular weight is 417 g/mol. The van der Waals surface area contributed by atoms with Crippen LogP contribution in [0.15, 0.2) is 18.2 Å². The van der Waals surface area contributed by atoms with Gasteiger partial charge in [-0.1, -0.05) is 30.9 Å². The van der Waals surface area contributed by atoms with E-state index in [1.54, 1.807) is 0 Å². The van der Waals surface area contributed by atoms with Gasteiger partial charge in [-0.25, -0.2) is 8.78 Å². The summed E-state index contributed by atoms with van der Waals surface area (Å²) in [6.07, 6.45) is 0.989. The Balaban J connectivity index is 1.76. The Morgan fingerprint density at radius 1 is 1.37 bits per heavy atom. The molecule has 1 unspecified atom stereocenters. The number of benzene rings is 1. The highest BCUT2D eigenvalue weighted by Crippen LogP contribution is 2.20. The van der Waals surface area contributed by atoms with Crippen molar-refractivity contribution < 1.29 is 23.1 Å². The van der Waals surface area contributed by atoms with E-state index in [9.17, 15) is 18.4 Å². The molecule has 1 aromatic carbocycles. The number of piperidine rings is 1. The highest BCUT2D eigenvalue weighted by Gasteiger charge is 2.22. The van der Waals surface area contributed by atoms with Gasteiger partial charge in [0.2, 0.25) is 0 Å².